The molecule has 0 aromatic carbocycles. The SMILES string of the molecule is COC(=O)c1ccncc1C(=O)N(Cc1ccccn1)Cc1cc(C)nn1C. The van der Waals surface area contributed by atoms with Crippen LogP contribution in [0.5, 0.6) is 0 Å². The van der Waals surface area contributed by atoms with Crippen molar-refractivity contribution >= 4 is 11.9 Å². The third-order valence-corrected chi connectivity index (χ3v) is 4.27. The summed E-state index contributed by atoms with van der Waals surface area (Å²) in [6.45, 7) is 2.48. The van der Waals surface area contributed by atoms with Gasteiger partial charge >= 0.3 is 5.97 Å². The third-order valence-electron chi connectivity index (χ3n) is 4.27. The summed E-state index contributed by atoms with van der Waals surface area (Å²) in [5.74, 6) is -0.919. The molecule has 0 atom stereocenters. The number of carbonyl (C=O) groups is 2. The van der Waals surface area contributed by atoms with Gasteiger partial charge in [0.25, 0.3) is 5.91 Å². The molecule has 28 heavy (non-hydrogen) atoms. The van der Waals surface area contributed by atoms with E-state index >= 15 is 0 Å². The predicted molar refractivity (Wildman–Crippen MR) is 101 cm³/mol. The average Bonchev–Trinajstić information content (AvgIpc) is 3.03. The molecule has 0 saturated heterocycles. The smallest absolute Gasteiger partial charge is 0.338 e. The molecular weight excluding hydrogens is 358 g/mol. The van der Waals surface area contributed by atoms with Gasteiger partial charge in [-0.1, -0.05) is 6.07 Å². The van der Waals surface area contributed by atoms with E-state index in [1.54, 1.807) is 15.8 Å². The first kappa shape index (κ1) is 19.2. The van der Waals surface area contributed by atoms with E-state index in [1.165, 1.54) is 25.6 Å². The Hall–Kier alpha value is -3.55. The molecule has 3 rings (SSSR count). The normalized spacial score (nSPS) is 10.5. The van der Waals surface area contributed by atoms with Crippen molar-refractivity contribution in [2.45, 2.75) is 20.0 Å². The fraction of sp³-hybridized carbons (Fsp3) is 0.250. The van der Waals surface area contributed by atoms with Gasteiger partial charge in [-0.15, -0.1) is 0 Å². The summed E-state index contributed by atoms with van der Waals surface area (Å²) < 4.78 is 6.54. The van der Waals surface area contributed by atoms with Gasteiger partial charge < -0.3 is 9.64 Å². The van der Waals surface area contributed by atoms with Crippen molar-refractivity contribution in [1.29, 1.82) is 0 Å². The van der Waals surface area contributed by atoms with Gasteiger partial charge in [0.05, 0.1) is 48.4 Å². The number of rotatable bonds is 6. The Labute approximate surface area is 162 Å². The van der Waals surface area contributed by atoms with Gasteiger partial charge in [0.15, 0.2) is 0 Å². The lowest BCUT2D eigenvalue weighted by Gasteiger charge is -2.23. The van der Waals surface area contributed by atoms with Crippen LogP contribution in [-0.4, -0.2) is 43.6 Å². The van der Waals surface area contributed by atoms with Crippen LogP contribution in [0.1, 0.15) is 37.8 Å². The number of pyridine rings is 2. The largest absolute Gasteiger partial charge is 0.465 e. The van der Waals surface area contributed by atoms with Gasteiger partial charge in [0.1, 0.15) is 0 Å². The van der Waals surface area contributed by atoms with E-state index in [4.69, 9.17) is 4.74 Å². The molecule has 3 aromatic rings. The van der Waals surface area contributed by atoms with Gasteiger partial charge in [-0.2, -0.15) is 5.10 Å². The number of hydrogen-bond donors (Lipinski definition) is 0. The molecule has 3 heterocycles. The van der Waals surface area contributed by atoms with Gasteiger partial charge in [-0.25, -0.2) is 4.79 Å². The van der Waals surface area contributed by atoms with Crippen LogP contribution < -0.4 is 0 Å². The quantitative estimate of drug-likeness (QED) is 0.610. The number of aryl methyl sites for hydroxylation is 2. The summed E-state index contributed by atoms with van der Waals surface area (Å²) in [5, 5.41) is 4.34. The molecule has 0 saturated carbocycles. The lowest BCUT2D eigenvalue weighted by atomic mass is 10.1. The molecule has 0 spiro atoms. The lowest BCUT2D eigenvalue weighted by molar-refractivity contribution is 0.0587. The van der Waals surface area contributed by atoms with Gasteiger partial charge in [-0.05, 0) is 31.2 Å². The van der Waals surface area contributed by atoms with E-state index in [-0.39, 0.29) is 23.6 Å². The van der Waals surface area contributed by atoms with Crippen LogP contribution in [0, 0.1) is 6.92 Å². The zero-order valence-electron chi connectivity index (χ0n) is 16.0. The van der Waals surface area contributed by atoms with Crippen molar-refractivity contribution in [2.24, 2.45) is 7.05 Å². The molecule has 8 nitrogen and oxygen atoms in total. The Balaban J connectivity index is 1.97. The molecule has 144 valence electrons. The van der Waals surface area contributed by atoms with Crippen LogP contribution in [0.2, 0.25) is 0 Å². The Morgan fingerprint density at radius 3 is 2.61 bits per heavy atom. The minimum Gasteiger partial charge on any atom is -0.465 e. The molecule has 0 fully saturated rings. The van der Waals surface area contributed by atoms with Crippen molar-refractivity contribution in [3.8, 4) is 0 Å². The molecule has 0 unspecified atom stereocenters. The topological polar surface area (TPSA) is 90.2 Å². The van der Waals surface area contributed by atoms with Crippen molar-refractivity contribution < 1.29 is 14.3 Å². The Kier molecular flexibility index (Phi) is 5.78. The van der Waals surface area contributed by atoms with Crippen LogP contribution >= 0.6 is 0 Å². The number of hydrogen-bond acceptors (Lipinski definition) is 6. The van der Waals surface area contributed by atoms with E-state index in [0.717, 1.165) is 17.1 Å². The van der Waals surface area contributed by atoms with Crippen molar-refractivity contribution in [3.63, 3.8) is 0 Å². The minimum absolute atomic E-state index is 0.176. The van der Waals surface area contributed by atoms with Gasteiger partial charge in [0.2, 0.25) is 0 Å². The highest BCUT2D eigenvalue weighted by atomic mass is 16.5. The summed E-state index contributed by atoms with van der Waals surface area (Å²) in [7, 11) is 3.11. The van der Waals surface area contributed by atoms with Crippen LogP contribution in [0.3, 0.4) is 0 Å². The van der Waals surface area contributed by atoms with Crippen LogP contribution in [0.15, 0.2) is 48.9 Å². The monoisotopic (exact) mass is 379 g/mol. The van der Waals surface area contributed by atoms with Crippen LogP contribution in [0.25, 0.3) is 0 Å². The number of amides is 1. The summed E-state index contributed by atoms with van der Waals surface area (Å²) in [4.78, 5) is 35.4. The lowest BCUT2D eigenvalue weighted by Crippen LogP contribution is -2.32. The van der Waals surface area contributed by atoms with E-state index in [1.807, 2.05) is 38.2 Å². The molecule has 0 radical (unpaired) electrons. The zero-order valence-corrected chi connectivity index (χ0v) is 16.0. The van der Waals surface area contributed by atoms with Crippen LogP contribution in [0.4, 0.5) is 0 Å². The molecule has 3 aromatic heterocycles. The summed E-state index contributed by atoms with van der Waals surface area (Å²) in [6, 6.07) is 8.93. The first-order chi connectivity index (χ1) is 13.5. The average molecular weight is 379 g/mol. The Morgan fingerprint density at radius 2 is 1.96 bits per heavy atom. The van der Waals surface area contributed by atoms with Gasteiger partial charge in [-0.3, -0.25) is 19.4 Å². The first-order valence-corrected chi connectivity index (χ1v) is 8.70. The highest BCUT2D eigenvalue weighted by Gasteiger charge is 2.24. The number of aromatic nitrogens is 4. The number of carbonyl (C=O) groups excluding carboxylic acids is 2. The maximum absolute atomic E-state index is 13.3. The summed E-state index contributed by atoms with van der Waals surface area (Å²) >= 11 is 0. The highest BCUT2D eigenvalue weighted by molar-refractivity contribution is 6.05. The predicted octanol–water partition coefficient (Wildman–Crippen LogP) is 2.15. The molecule has 0 aliphatic heterocycles. The van der Waals surface area contributed by atoms with Gasteiger partial charge in [0, 0.05) is 25.6 Å². The molecule has 0 bridgehead atoms. The fourth-order valence-corrected chi connectivity index (χ4v) is 2.92. The molecular formula is C20H21N5O3. The first-order valence-electron chi connectivity index (χ1n) is 8.70. The molecule has 8 heteroatoms. The number of ether oxygens (including phenoxy) is 1. The van der Waals surface area contributed by atoms with E-state index in [2.05, 4.69) is 15.1 Å². The van der Waals surface area contributed by atoms with Crippen molar-refractivity contribution in [1.82, 2.24) is 24.6 Å². The summed E-state index contributed by atoms with van der Waals surface area (Å²) in [5.41, 5.74) is 2.82. The van der Waals surface area contributed by atoms with Crippen LogP contribution in [-0.2, 0) is 24.9 Å². The number of methoxy groups -OCH3 is 1. The Morgan fingerprint density at radius 1 is 1.14 bits per heavy atom. The second-order valence-electron chi connectivity index (χ2n) is 6.30. The number of esters is 1. The maximum atomic E-state index is 13.3. The minimum atomic E-state index is -0.583. The molecule has 1 amide bonds. The second kappa shape index (κ2) is 8.43. The standard InChI is InChI=1S/C20H21N5O3/c1-14-10-16(24(2)23-14)13-25(12-15-6-4-5-8-22-15)19(26)18-11-21-9-7-17(18)20(27)28-3/h4-11H,12-13H2,1-3H3. The fourth-order valence-electron chi connectivity index (χ4n) is 2.92. The van der Waals surface area contributed by atoms with E-state index in [9.17, 15) is 9.59 Å². The summed E-state index contributed by atoms with van der Waals surface area (Å²) in [6.07, 6.45) is 4.52. The second-order valence-corrected chi connectivity index (χ2v) is 6.30. The van der Waals surface area contributed by atoms with Crippen molar-refractivity contribution in [2.75, 3.05) is 7.11 Å². The number of nitrogens with zero attached hydrogens (tertiary/aromatic N) is 5. The molecule has 0 aliphatic rings. The zero-order chi connectivity index (χ0) is 20.1. The Bertz CT molecular complexity index is 985. The van der Waals surface area contributed by atoms with E-state index in [0.29, 0.717) is 6.54 Å². The van der Waals surface area contributed by atoms with Crippen molar-refractivity contribution in [3.05, 3.63) is 77.1 Å². The van der Waals surface area contributed by atoms with E-state index < -0.39 is 5.97 Å². The molecule has 0 aliphatic carbocycles. The third kappa shape index (κ3) is 4.22. The molecule has 0 N–H and O–H groups in total. The maximum Gasteiger partial charge on any atom is 0.338 e. The highest BCUT2D eigenvalue weighted by Crippen LogP contribution is 2.17.